The Morgan fingerprint density at radius 2 is 1.88 bits per heavy atom. The second kappa shape index (κ2) is 3.25. The zero-order valence-electron chi connectivity index (χ0n) is 11.2. The van der Waals surface area contributed by atoms with Crippen molar-refractivity contribution >= 4 is 0 Å². The first-order chi connectivity index (χ1) is 7.18. The van der Waals surface area contributed by atoms with Crippen LogP contribution in [0.2, 0.25) is 0 Å². The Morgan fingerprint density at radius 1 is 1.25 bits per heavy atom. The molecule has 0 aliphatic carbocycles. The zero-order valence-corrected chi connectivity index (χ0v) is 11.2. The summed E-state index contributed by atoms with van der Waals surface area (Å²) >= 11 is 0. The van der Waals surface area contributed by atoms with Gasteiger partial charge in [-0.2, -0.15) is 4.98 Å². The molecule has 0 radical (unpaired) electrons. The SMILES string of the molecule is CC(C)(C)c1cn2c(n1)OC(C(C)(C)C)C2. The minimum atomic E-state index is 0.0952. The van der Waals surface area contributed by atoms with E-state index < -0.39 is 0 Å². The molecule has 0 fully saturated rings. The van der Waals surface area contributed by atoms with E-state index in [1.165, 1.54) is 0 Å². The monoisotopic (exact) mass is 222 g/mol. The largest absolute Gasteiger partial charge is 0.459 e. The van der Waals surface area contributed by atoms with Gasteiger partial charge in [0.2, 0.25) is 0 Å². The van der Waals surface area contributed by atoms with E-state index in [0.717, 1.165) is 18.2 Å². The van der Waals surface area contributed by atoms with Crippen molar-refractivity contribution in [2.45, 2.75) is 59.6 Å². The lowest BCUT2D eigenvalue weighted by Crippen LogP contribution is -2.31. The highest BCUT2D eigenvalue weighted by Gasteiger charge is 2.35. The van der Waals surface area contributed by atoms with Crippen LogP contribution in [0.25, 0.3) is 0 Å². The van der Waals surface area contributed by atoms with Crippen LogP contribution in [0, 0.1) is 5.41 Å². The summed E-state index contributed by atoms with van der Waals surface area (Å²) < 4.78 is 8.03. The summed E-state index contributed by atoms with van der Waals surface area (Å²) in [5.74, 6) is 0. The van der Waals surface area contributed by atoms with E-state index in [-0.39, 0.29) is 16.9 Å². The maximum absolute atomic E-state index is 5.90. The van der Waals surface area contributed by atoms with Crippen LogP contribution >= 0.6 is 0 Å². The second-order valence-corrected chi connectivity index (χ2v) is 6.78. The molecule has 90 valence electrons. The number of fused-ring (bicyclic) bond motifs is 1. The van der Waals surface area contributed by atoms with Crippen LogP contribution in [0.4, 0.5) is 0 Å². The molecule has 3 heteroatoms. The summed E-state index contributed by atoms with van der Waals surface area (Å²) in [7, 11) is 0. The van der Waals surface area contributed by atoms with Crippen molar-refractivity contribution in [1.82, 2.24) is 9.55 Å². The number of nitrogens with zero attached hydrogens (tertiary/aromatic N) is 2. The van der Waals surface area contributed by atoms with Crippen molar-refractivity contribution < 1.29 is 4.74 Å². The number of rotatable bonds is 0. The maximum atomic E-state index is 5.90. The van der Waals surface area contributed by atoms with Crippen LogP contribution in [0.5, 0.6) is 6.01 Å². The van der Waals surface area contributed by atoms with Crippen LogP contribution in [-0.2, 0) is 12.0 Å². The molecule has 0 aromatic carbocycles. The van der Waals surface area contributed by atoms with Crippen molar-refractivity contribution in [2.24, 2.45) is 5.41 Å². The van der Waals surface area contributed by atoms with Crippen molar-refractivity contribution in [3.63, 3.8) is 0 Å². The first kappa shape index (κ1) is 11.5. The van der Waals surface area contributed by atoms with Crippen LogP contribution in [0.15, 0.2) is 6.20 Å². The molecule has 16 heavy (non-hydrogen) atoms. The Bertz CT molecular complexity index is 370. The number of hydrogen-bond donors (Lipinski definition) is 0. The number of ether oxygens (including phenoxy) is 1. The van der Waals surface area contributed by atoms with Gasteiger partial charge in [0, 0.05) is 17.0 Å². The first-order valence-electron chi connectivity index (χ1n) is 5.92. The third kappa shape index (κ3) is 1.95. The molecule has 1 aliphatic rings. The van der Waals surface area contributed by atoms with Crippen LogP contribution in [-0.4, -0.2) is 15.7 Å². The van der Waals surface area contributed by atoms with Crippen molar-refractivity contribution in [3.05, 3.63) is 11.9 Å². The highest BCUT2D eigenvalue weighted by atomic mass is 16.5. The molecule has 1 atom stereocenters. The van der Waals surface area contributed by atoms with Crippen LogP contribution in [0.3, 0.4) is 0 Å². The topological polar surface area (TPSA) is 27.1 Å². The molecular formula is C13H22N2O. The third-order valence-electron chi connectivity index (χ3n) is 3.08. The van der Waals surface area contributed by atoms with Gasteiger partial charge in [-0.25, -0.2) is 0 Å². The van der Waals surface area contributed by atoms with Gasteiger partial charge in [-0.1, -0.05) is 41.5 Å². The van der Waals surface area contributed by atoms with Gasteiger partial charge in [-0.05, 0) is 0 Å². The van der Waals surface area contributed by atoms with Gasteiger partial charge < -0.3 is 4.74 Å². The minimum Gasteiger partial charge on any atom is -0.459 e. The summed E-state index contributed by atoms with van der Waals surface area (Å²) in [4.78, 5) is 4.57. The molecule has 0 spiro atoms. The summed E-state index contributed by atoms with van der Waals surface area (Å²) in [5.41, 5.74) is 1.37. The Hall–Kier alpha value is -0.990. The predicted octanol–water partition coefficient (Wildman–Crippen LogP) is 2.99. The van der Waals surface area contributed by atoms with Gasteiger partial charge in [-0.15, -0.1) is 0 Å². The second-order valence-electron chi connectivity index (χ2n) is 6.78. The average molecular weight is 222 g/mol. The van der Waals surface area contributed by atoms with Gasteiger partial charge in [0.25, 0.3) is 6.01 Å². The quantitative estimate of drug-likeness (QED) is 0.674. The lowest BCUT2D eigenvalue weighted by molar-refractivity contribution is 0.103. The minimum absolute atomic E-state index is 0.0952. The highest BCUT2D eigenvalue weighted by molar-refractivity contribution is 5.18. The summed E-state index contributed by atoms with van der Waals surface area (Å²) in [6.07, 6.45) is 2.37. The Balaban J connectivity index is 2.21. The Labute approximate surface area is 97.8 Å². The molecule has 0 saturated heterocycles. The summed E-state index contributed by atoms with van der Waals surface area (Å²) in [5, 5.41) is 0. The molecule has 2 rings (SSSR count). The van der Waals surface area contributed by atoms with E-state index in [9.17, 15) is 0 Å². The molecule has 0 saturated carbocycles. The van der Waals surface area contributed by atoms with Crippen LogP contribution in [0.1, 0.15) is 47.2 Å². The molecule has 1 aromatic rings. The average Bonchev–Trinajstić information content (AvgIpc) is 2.53. The fraction of sp³-hybridized carbons (Fsp3) is 0.769. The van der Waals surface area contributed by atoms with Gasteiger partial charge in [0.15, 0.2) is 0 Å². The molecule has 0 N–H and O–H groups in total. The molecule has 1 aromatic heterocycles. The molecule has 0 bridgehead atoms. The number of imidazole rings is 1. The van der Waals surface area contributed by atoms with Crippen molar-refractivity contribution in [3.8, 4) is 6.01 Å². The van der Waals surface area contributed by atoms with E-state index in [1.54, 1.807) is 0 Å². The molecule has 1 aliphatic heterocycles. The van der Waals surface area contributed by atoms with E-state index in [1.807, 2.05) is 0 Å². The lowest BCUT2D eigenvalue weighted by atomic mass is 9.89. The predicted molar refractivity (Wildman–Crippen MR) is 64.8 cm³/mol. The van der Waals surface area contributed by atoms with E-state index in [4.69, 9.17) is 4.74 Å². The fourth-order valence-corrected chi connectivity index (χ4v) is 1.78. The highest BCUT2D eigenvalue weighted by Crippen LogP contribution is 2.33. The smallest absolute Gasteiger partial charge is 0.297 e. The van der Waals surface area contributed by atoms with Crippen LogP contribution < -0.4 is 4.74 Å². The fourth-order valence-electron chi connectivity index (χ4n) is 1.78. The van der Waals surface area contributed by atoms with E-state index >= 15 is 0 Å². The van der Waals surface area contributed by atoms with Gasteiger partial charge in [-0.3, -0.25) is 4.57 Å². The van der Waals surface area contributed by atoms with Gasteiger partial charge in [0.1, 0.15) is 6.10 Å². The van der Waals surface area contributed by atoms with Gasteiger partial charge in [0.05, 0.1) is 12.2 Å². The molecule has 1 unspecified atom stereocenters. The summed E-state index contributed by atoms with van der Waals surface area (Å²) in [6.45, 7) is 14.0. The molecule has 2 heterocycles. The van der Waals surface area contributed by atoms with E-state index in [2.05, 4.69) is 57.3 Å². The van der Waals surface area contributed by atoms with Crippen molar-refractivity contribution in [1.29, 1.82) is 0 Å². The number of aromatic nitrogens is 2. The lowest BCUT2D eigenvalue weighted by Gasteiger charge is -2.25. The standard InChI is InChI=1S/C13H22N2O/c1-12(2,3)9-7-15-8-10(13(4,5)6)16-11(15)14-9/h7,10H,8H2,1-6H3. The molecule has 3 nitrogen and oxygen atoms in total. The summed E-state index contributed by atoms with van der Waals surface area (Å²) in [6, 6.07) is 0.782. The normalized spacial score (nSPS) is 20.8. The Kier molecular flexibility index (Phi) is 2.34. The number of hydrogen-bond acceptors (Lipinski definition) is 2. The molecule has 0 amide bonds. The van der Waals surface area contributed by atoms with Gasteiger partial charge >= 0.3 is 0 Å². The van der Waals surface area contributed by atoms with Crippen molar-refractivity contribution in [2.75, 3.05) is 0 Å². The first-order valence-corrected chi connectivity index (χ1v) is 5.92. The van der Waals surface area contributed by atoms with E-state index in [0.29, 0.717) is 0 Å². The maximum Gasteiger partial charge on any atom is 0.297 e. The third-order valence-corrected chi connectivity index (χ3v) is 3.08. The zero-order chi connectivity index (χ0) is 12.1. The Morgan fingerprint density at radius 3 is 2.31 bits per heavy atom. The molecular weight excluding hydrogens is 200 g/mol.